The van der Waals surface area contributed by atoms with Crippen molar-refractivity contribution < 1.29 is 9.90 Å². The van der Waals surface area contributed by atoms with Gasteiger partial charge in [-0.3, -0.25) is 14.6 Å². The first-order chi connectivity index (χ1) is 13.5. The molecule has 2 fully saturated rings. The summed E-state index contributed by atoms with van der Waals surface area (Å²) in [6.45, 7) is 9.72. The molecule has 0 aromatic heterocycles. The molecule has 0 bridgehead atoms. The molecule has 0 amide bonds. The number of piperazine rings is 1. The van der Waals surface area contributed by atoms with Crippen molar-refractivity contribution in [2.75, 3.05) is 52.9 Å². The van der Waals surface area contributed by atoms with Gasteiger partial charge in [0.25, 0.3) is 0 Å². The van der Waals surface area contributed by atoms with Crippen molar-refractivity contribution in [3.8, 4) is 0 Å². The Hall–Kier alpha value is -1.69. The van der Waals surface area contributed by atoms with Crippen molar-refractivity contribution in [3.05, 3.63) is 41.5 Å². The number of nitrogens with zero attached hydrogens (tertiary/aromatic N) is 3. The van der Waals surface area contributed by atoms with E-state index in [9.17, 15) is 9.90 Å². The van der Waals surface area contributed by atoms with Gasteiger partial charge in [-0.25, -0.2) is 0 Å². The third-order valence-corrected chi connectivity index (χ3v) is 6.20. The summed E-state index contributed by atoms with van der Waals surface area (Å²) in [4.78, 5) is 18.7. The van der Waals surface area contributed by atoms with Crippen LogP contribution in [0.4, 0.5) is 0 Å². The average molecular weight is 386 g/mol. The molecule has 5 nitrogen and oxygen atoms in total. The average Bonchev–Trinajstić information content (AvgIpc) is 2.68. The SMILES string of the molecule is C/C(=C\c1ccccc1)CN1CC[C@@H](N2CCN(C)CC2)[C@@H](CCC(=O)O)C1. The van der Waals surface area contributed by atoms with E-state index in [1.807, 2.05) is 6.07 Å². The van der Waals surface area contributed by atoms with Crippen LogP contribution >= 0.6 is 0 Å². The predicted octanol–water partition coefficient (Wildman–Crippen LogP) is 2.89. The van der Waals surface area contributed by atoms with Gasteiger partial charge in [-0.15, -0.1) is 0 Å². The molecule has 154 valence electrons. The van der Waals surface area contributed by atoms with Gasteiger partial charge in [0, 0.05) is 51.7 Å². The lowest BCUT2D eigenvalue weighted by atomic mass is 9.86. The minimum Gasteiger partial charge on any atom is -0.481 e. The number of benzene rings is 1. The van der Waals surface area contributed by atoms with Gasteiger partial charge in [0.2, 0.25) is 0 Å². The van der Waals surface area contributed by atoms with Crippen molar-refractivity contribution in [3.63, 3.8) is 0 Å². The van der Waals surface area contributed by atoms with E-state index in [1.54, 1.807) is 0 Å². The molecule has 2 atom stereocenters. The number of hydrogen-bond acceptors (Lipinski definition) is 4. The van der Waals surface area contributed by atoms with Gasteiger partial charge < -0.3 is 10.0 Å². The first-order valence-electron chi connectivity index (χ1n) is 10.6. The van der Waals surface area contributed by atoms with Crippen LogP contribution in [0.1, 0.15) is 31.7 Å². The molecular formula is C23H35N3O2. The van der Waals surface area contributed by atoms with Crippen LogP contribution in [0, 0.1) is 5.92 Å². The maximum Gasteiger partial charge on any atom is 0.303 e. The molecule has 1 aromatic carbocycles. The van der Waals surface area contributed by atoms with Gasteiger partial charge >= 0.3 is 5.97 Å². The number of aliphatic carboxylic acids is 1. The van der Waals surface area contributed by atoms with E-state index in [-0.39, 0.29) is 6.42 Å². The third-order valence-electron chi connectivity index (χ3n) is 6.20. The lowest BCUT2D eigenvalue weighted by Gasteiger charge is -2.46. The number of piperidine rings is 1. The number of carbonyl (C=O) groups is 1. The maximum absolute atomic E-state index is 11.2. The molecule has 1 N–H and O–H groups in total. The number of carboxylic acids is 1. The van der Waals surface area contributed by atoms with E-state index in [0.29, 0.717) is 12.0 Å². The van der Waals surface area contributed by atoms with Crippen molar-refractivity contribution in [1.82, 2.24) is 14.7 Å². The molecule has 0 spiro atoms. The highest BCUT2D eigenvalue weighted by Crippen LogP contribution is 2.27. The zero-order valence-corrected chi connectivity index (χ0v) is 17.4. The second-order valence-electron chi connectivity index (χ2n) is 8.52. The summed E-state index contributed by atoms with van der Waals surface area (Å²) in [7, 11) is 2.18. The molecule has 2 saturated heterocycles. The van der Waals surface area contributed by atoms with Gasteiger partial charge in [-0.05, 0) is 44.8 Å². The number of likely N-dealkylation sites (tertiary alicyclic amines) is 1. The smallest absolute Gasteiger partial charge is 0.303 e. The molecule has 0 radical (unpaired) electrons. The summed E-state index contributed by atoms with van der Waals surface area (Å²) in [6.07, 6.45) is 4.47. The Labute approximate surface area is 169 Å². The fourth-order valence-corrected chi connectivity index (χ4v) is 4.70. The van der Waals surface area contributed by atoms with Crippen molar-refractivity contribution in [1.29, 1.82) is 0 Å². The highest BCUT2D eigenvalue weighted by atomic mass is 16.4. The predicted molar refractivity (Wildman–Crippen MR) is 114 cm³/mol. The molecule has 2 aliphatic rings. The standard InChI is InChI=1S/C23H35N3O2/c1-19(16-20-6-4-3-5-7-20)17-25-11-10-22(21(18-25)8-9-23(27)28)26-14-12-24(2)13-15-26/h3-7,16,21-22H,8-15,17-18H2,1-2H3,(H,27,28)/b19-16+/t21-,22+/m0/s1. The maximum atomic E-state index is 11.2. The van der Waals surface area contributed by atoms with Gasteiger partial charge in [-0.2, -0.15) is 0 Å². The van der Waals surface area contributed by atoms with E-state index in [0.717, 1.165) is 58.7 Å². The summed E-state index contributed by atoms with van der Waals surface area (Å²) in [5.74, 6) is -0.229. The molecule has 0 aliphatic carbocycles. The lowest BCUT2D eigenvalue weighted by molar-refractivity contribution is -0.137. The first-order valence-corrected chi connectivity index (χ1v) is 10.6. The highest BCUT2D eigenvalue weighted by Gasteiger charge is 2.34. The Kier molecular flexibility index (Phi) is 7.65. The van der Waals surface area contributed by atoms with E-state index >= 15 is 0 Å². The monoisotopic (exact) mass is 385 g/mol. The molecule has 2 heterocycles. The number of carboxylic acid groups (broad SMARTS) is 1. The van der Waals surface area contributed by atoms with E-state index in [1.165, 1.54) is 11.1 Å². The second kappa shape index (κ2) is 10.2. The third kappa shape index (κ3) is 6.16. The van der Waals surface area contributed by atoms with Crippen molar-refractivity contribution >= 4 is 12.0 Å². The van der Waals surface area contributed by atoms with E-state index in [4.69, 9.17) is 0 Å². The Morgan fingerprint density at radius 2 is 1.86 bits per heavy atom. The largest absolute Gasteiger partial charge is 0.481 e. The van der Waals surface area contributed by atoms with Gasteiger partial charge in [0.05, 0.1) is 0 Å². The quantitative estimate of drug-likeness (QED) is 0.782. The summed E-state index contributed by atoms with van der Waals surface area (Å²) in [6, 6.07) is 11.0. The normalized spacial score (nSPS) is 25.7. The molecular weight excluding hydrogens is 350 g/mol. The fourth-order valence-electron chi connectivity index (χ4n) is 4.70. The van der Waals surface area contributed by atoms with Crippen LogP contribution in [-0.4, -0.2) is 84.7 Å². The topological polar surface area (TPSA) is 47.0 Å². The molecule has 0 unspecified atom stereocenters. The lowest BCUT2D eigenvalue weighted by Crippen LogP contribution is -2.56. The molecule has 1 aromatic rings. The Morgan fingerprint density at radius 3 is 2.54 bits per heavy atom. The van der Waals surface area contributed by atoms with Gasteiger partial charge in [0.15, 0.2) is 0 Å². The Morgan fingerprint density at radius 1 is 1.14 bits per heavy atom. The molecule has 0 saturated carbocycles. The summed E-state index contributed by atoms with van der Waals surface area (Å²) in [5.41, 5.74) is 2.61. The van der Waals surface area contributed by atoms with E-state index in [2.05, 4.69) is 59.0 Å². The number of rotatable bonds is 7. The van der Waals surface area contributed by atoms with Crippen LogP contribution in [0.15, 0.2) is 35.9 Å². The molecule has 28 heavy (non-hydrogen) atoms. The van der Waals surface area contributed by atoms with Gasteiger partial charge in [0.1, 0.15) is 0 Å². The van der Waals surface area contributed by atoms with Crippen LogP contribution in [0.5, 0.6) is 0 Å². The number of likely N-dealkylation sites (N-methyl/N-ethyl adjacent to an activating group) is 1. The van der Waals surface area contributed by atoms with Crippen LogP contribution in [0.2, 0.25) is 0 Å². The minimum absolute atomic E-state index is 0.279. The summed E-state index contributed by atoms with van der Waals surface area (Å²) in [5, 5.41) is 9.21. The van der Waals surface area contributed by atoms with Crippen LogP contribution < -0.4 is 0 Å². The first kappa shape index (κ1) is 21.0. The summed E-state index contributed by atoms with van der Waals surface area (Å²) >= 11 is 0. The van der Waals surface area contributed by atoms with E-state index < -0.39 is 5.97 Å². The Balaban J connectivity index is 1.61. The molecule has 3 rings (SSSR count). The molecule has 5 heteroatoms. The zero-order chi connectivity index (χ0) is 19.9. The van der Waals surface area contributed by atoms with Crippen LogP contribution in [0.3, 0.4) is 0 Å². The zero-order valence-electron chi connectivity index (χ0n) is 17.4. The summed E-state index contributed by atoms with van der Waals surface area (Å²) < 4.78 is 0. The van der Waals surface area contributed by atoms with Crippen molar-refractivity contribution in [2.24, 2.45) is 5.92 Å². The van der Waals surface area contributed by atoms with Gasteiger partial charge in [-0.1, -0.05) is 42.0 Å². The minimum atomic E-state index is -0.672. The van der Waals surface area contributed by atoms with Crippen LogP contribution in [-0.2, 0) is 4.79 Å². The number of hydrogen-bond donors (Lipinski definition) is 1. The Bertz CT molecular complexity index is 653. The molecule has 2 aliphatic heterocycles. The fraction of sp³-hybridized carbons (Fsp3) is 0.609. The second-order valence-corrected chi connectivity index (χ2v) is 8.52. The van der Waals surface area contributed by atoms with Crippen LogP contribution in [0.25, 0.3) is 6.08 Å². The highest BCUT2D eigenvalue weighted by molar-refractivity contribution is 5.66. The van der Waals surface area contributed by atoms with Crippen molar-refractivity contribution in [2.45, 2.75) is 32.2 Å².